The van der Waals surface area contributed by atoms with Gasteiger partial charge in [0.25, 0.3) is 0 Å². The van der Waals surface area contributed by atoms with Crippen LogP contribution in [-0.4, -0.2) is 22.0 Å². The molecule has 0 saturated carbocycles. The number of rotatable bonds is 4. The van der Waals surface area contributed by atoms with Crippen molar-refractivity contribution in [1.82, 2.24) is 4.98 Å². The van der Waals surface area contributed by atoms with E-state index in [4.69, 9.17) is 5.73 Å². The third-order valence-electron chi connectivity index (χ3n) is 2.89. The molecular weight excluding hydrogens is 254 g/mol. The second-order valence-electron chi connectivity index (χ2n) is 4.65. The summed E-state index contributed by atoms with van der Waals surface area (Å²) in [6.45, 7) is 1.85. The lowest BCUT2D eigenvalue weighted by atomic mass is 10.1. The molecule has 20 heavy (non-hydrogen) atoms. The normalized spacial score (nSPS) is 11.9. The van der Waals surface area contributed by atoms with E-state index < -0.39 is 6.04 Å². The number of pyridine rings is 1. The Hall–Kier alpha value is -2.40. The number of hydrogen-bond donors (Lipinski definition) is 3. The molecule has 104 valence electrons. The SMILES string of the molecule is Cc1cc(NC(=O)[C@@H](N)Cc2ccc(O)cc2)ccn1. The first-order valence-electron chi connectivity index (χ1n) is 6.31. The van der Waals surface area contributed by atoms with Gasteiger partial charge in [-0.05, 0) is 43.2 Å². The zero-order valence-corrected chi connectivity index (χ0v) is 11.2. The van der Waals surface area contributed by atoms with Crippen molar-refractivity contribution in [2.24, 2.45) is 5.73 Å². The predicted molar refractivity (Wildman–Crippen MR) is 77.4 cm³/mol. The highest BCUT2D eigenvalue weighted by molar-refractivity contribution is 5.94. The molecule has 2 aromatic rings. The molecule has 0 fully saturated rings. The van der Waals surface area contributed by atoms with Gasteiger partial charge in [0.1, 0.15) is 5.75 Å². The van der Waals surface area contributed by atoms with Gasteiger partial charge in [0, 0.05) is 17.6 Å². The second kappa shape index (κ2) is 6.16. The summed E-state index contributed by atoms with van der Waals surface area (Å²) < 4.78 is 0. The van der Waals surface area contributed by atoms with Gasteiger partial charge >= 0.3 is 0 Å². The van der Waals surface area contributed by atoms with Gasteiger partial charge in [0.15, 0.2) is 0 Å². The van der Waals surface area contributed by atoms with Crippen LogP contribution in [0.3, 0.4) is 0 Å². The van der Waals surface area contributed by atoms with Crippen molar-refractivity contribution in [2.45, 2.75) is 19.4 Å². The Bertz CT molecular complexity index is 596. The lowest BCUT2D eigenvalue weighted by molar-refractivity contribution is -0.117. The van der Waals surface area contributed by atoms with Crippen LogP contribution in [0.1, 0.15) is 11.3 Å². The van der Waals surface area contributed by atoms with Crippen molar-refractivity contribution in [3.05, 3.63) is 53.9 Å². The highest BCUT2D eigenvalue weighted by atomic mass is 16.3. The number of benzene rings is 1. The van der Waals surface area contributed by atoms with Crippen molar-refractivity contribution in [1.29, 1.82) is 0 Å². The Morgan fingerprint density at radius 3 is 2.70 bits per heavy atom. The number of phenols is 1. The van der Waals surface area contributed by atoms with Crippen molar-refractivity contribution >= 4 is 11.6 Å². The summed E-state index contributed by atoms with van der Waals surface area (Å²) in [5, 5.41) is 12.0. The van der Waals surface area contributed by atoms with Crippen LogP contribution in [-0.2, 0) is 11.2 Å². The van der Waals surface area contributed by atoms with E-state index >= 15 is 0 Å². The minimum Gasteiger partial charge on any atom is -0.508 e. The number of nitrogens with two attached hydrogens (primary N) is 1. The fraction of sp³-hybridized carbons (Fsp3) is 0.200. The molecule has 4 N–H and O–H groups in total. The van der Waals surface area contributed by atoms with Crippen LogP contribution in [0.4, 0.5) is 5.69 Å². The maximum atomic E-state index is 12.0. The van der Waals surface area contributed by atoms with Gasteiger partial charge in [-0.1, -0.05) is 12.1 Å². The van der Waals surface area contributed by atoms with E-state index in [0.29, 0.717) is 12.1 Å². The minimum atomic E-state index is -0.645. The van der Waals surface area contributed by atoms with E-state index in [1.165, 1.54) is 0 Å². The van der Waals surface area contributed by atoms with E-state index in [1.54, 1.807) is 42.6 Å². The van der Waals surface area contributed by atoms with E-state index in [1.807, 2.05) is 6.92 Å². The van der Waals surface area contributed by atoms with E-state index in [2.05, 4.69) is 10.3 Å². The quantitative estimate of drug-likeness (QED) is 0.788. The van der Waals surface area contributed by atoms with Crippen LogP contribution in [0, 0.1) is 6.92 Å². The number of aromatic nitrogens is 1. The van der Waals surface area contributed by atoms with Gasteiger partial charge in [-0.3, -0.25) is 9.78 Å². The molecule has 0 bridgehead atoms. The maximum absolute atomic E-state index is 12.0. The zero-order chi connectivity index (χ0) is 14.5. The number of carbonyl (C=O) groups excluding carboxylic acids is 1. The number of amides is 1. The lowest BCUT2D eigenvalue weighted by Crippen LogP contribution is -2.37. The number of anilines is 1. The molecule has 0 saturated heterocycles. The van der Waals surface area contributed by atoms with Gasteiger partial charge in [-0.25, -0.2) is 0 Å². The minimum absolute atomic E-state index is 0.194. The number of hydrogen-bond acceptors (Lipinski definition) is 4. The van der Waals surface area contributed by atoms with Gasteiger partial charge in [-0.15, -0.1) is 0 Å². The van der Waals surface area contributed by atoms with Crippen LogP contribution in [0.5, 0.6) is 5.75 Å². The average Bonchev–Trinajstić information content (AvgIpc) is 2.41. The van der Waals surface area contributed by atoms with Crippen LogP contribution in [0.25, 0.3) is 0 Å². The average molecular weight is 271 g/mol. The summed E-state index contributed by atoms with van der Waals surface area (Å²) in [4.78, 5) is 16.1. The summed E-state index contributed by atoms with van der Waals surface area (Å²) in [6.07, 6.45) is 2.05. The van der Waals surface area contributed by atoms with Crippen molar-refractivity contribution in [3.63, 3.8) is 0 Å². The molecule has 1 heterocycles. The topological polar surface area (TPSA) is 88.2 Å². The summed E-state index contributed by atoms with van der Waals surface area (Å²) in [5.41, 5.74) is 8.29. The Kier molecular flexibility index (Phi) is 4.32. The Balaban J connectivity index is 1.96. The highest BCUT2D eigenvalue weighted by Crippen LogP contribution is 2.12. The van der Waals surface area contributed by atoms with Crippen LogP contribution >= 0.6 is 0 Å². The first kappa shape index (κ1) is 14.0. The molecule has 0 aliphatic rings. The fourth-order valence-electron chi connectivity index (χ4n) is 1.84. The number of aromatic hydroxyl groups is 1. The molecule has 5 heteroatoms. The summed E-state index contributed by atoms with van der Waals surface area (Å²) >= 11 is 0. The van der Waals surface area contributed by atoms with Gasteiger partial charge < -0.3 is 16.2 Å². The number of aryl methyl sites for hydroxylation is 1. The Labute approximate surface area is 117 Å². The lowest BCUT2D eigenvalue weighted by Gasteiger charge is -2.12. The summed E-state index contributed by atoms with van der Waals surface area (Å²) in [5.74, 6) is -0.0530. The third-order valence-corrected chi connectivity index (χ3v) is 2.89. The largest absolute Gasteiger partial charge is 0.508 e. The molecule has 2 rings (SSSR count). The molecule has 0 aliphatic heterocycles. The van der Waals surface area contributed by atoms with Crippen molar-refractivity contribution in [3.8, 4) is 5.75 Å². The smallest absolute Gasteiger partial charge is 0.241 e. The van der Waals surface area contributed by atoms with Crippen molar-refractivity contribution < 1.29 is 9.90 Å². The van der Waals surface area contributed by atoms with E-state index in [9.17, 15) is 9.90 Å². The van der Waals surface area contributed by atoms with Crippen molar-refractivity contribution in [2.75, 3.05) is 5.32 Å². The molecule has 0 spiro atoms. The Morgan fingerprint density at radius 1 is 1.35 bits per heavy atom. The third kappa shape index (κ3) is 3.80. The summed E-state index contributed by atoms with van der Waals surface area (Å²) in [7, 11) is 0. The molecule has 1 atom stereocenters. The molecule has 1 aromatic heterocycles. The number of nitrogens with zero attached hydrogens (tertiary/aromatic N) is 1. The molecule has 0 unspecified atom stereocenters. The number of phenolic OH excluding ortho intramolecular Hbond substituents is 1. The van der Waals surface area contributed by atoms with Gasteiger partial charge in [0.05, 0.1) is 6.04 Å². The number of nitrogens with one attached hydrogen (secondary N) is 1. The van der Waals surface area contributed by atoms with Gasteiger partial charge in [0.2, 0.25) is 5.91 Å². The van der Waals surface area contributed by atoms with Gasteiger partial charge in [-0.2, -0.15) is 0 Å². The Morgan fingerprint density at radius 2 is 2.05 bits per heavy atom. The zero-order valence-electron chi connectivity index (χ0n) is 11.2. The first-order valence-corrected chi connectivity index (χ1v) is 6.31. The summed E-state index contributed by atoms with van der Waals surface area (Å²) in [6, 6.07) is 9.51. The molecule has 0 radical (unpaired) electrons. The molecule has 0 aliphatic carbocycles. The van der Waals surface area contributed by atoms with Crippen LogP contribution in [0.2, 0.25) is 0 Å². The van der Waals surface area contributed by atoms with Crippen LogP contribution < -0.4 is 11.1 Å². The molecule has 1 aromatic carbocycles. The molecule has 5 nitrogen and oxygen atoms in total. The van der Waals surface area contributed by atoms with Crippen LogP contribution in [0.15, 0.2) is 42.6 Å². The fourth-order valence-corrected chi connectivity index (χ4v) is 1.84. The monoisotopic (exact) mass is 271 g/mol. The molecule has 1 amide bonds. The predicted octanol–water partition coefficient (Wildman–Crippen LogP) is 1.60. The standard InChI is InChI=1S/C15H17N3O2/c1-10-8-12(6-7-17-10)18-15(20)14(16)9-11-2-4-13(19)5-3-11/h2-8,14,19H,9,16H2,1H3,(H,17,18,20)/t14-/m0/s1. The number of carbonyl (C=O) groups is 1. The second-order valence-corrected chi connectivity index (χ2v) is 4.65. The first-order chi connectivity index (χ1) is 9.54. The maximum Gasteiger partial charge on any atom is 0.241 e. The molecular formula is C15H17N3O2. The van der Waals surface area contributed by atoms with E-state index in [0.717, 1.165) is 11.3 Å². The highest BCUT2D eigenvalue weighted by Gasteiger charge is 2.14. The van der Waals surface area contributed by atoms with E-state index in [-0.39, 0.29) is 11.7 Å².